The monoisotopic (exact) mass is 306 g/mol. The zero-order valence-corrected chi connectivity index (χ0v) is 12.3. The normalized spacial score (nSPS) is 20.8. The Bertz CT molecular complexity index is 735. The van der Waals surface area contributed by atoms with Crippen LogP contribution in [0.15, 0.2) is 18.6 Å². The lowest BCUT2D eigenvalue weighted by Gasteiger charge is -2.41. The Morgan fingerprint density at radius 2 is 2.00 bits per heavy atom. The SMILES string of the molecule is Cc1cnc(Nc2cnn(C)c2)nc1N1CC2(C1)CC2(F)F. The Morgan fingerprint density at radius 3 is 2.59 bits per heavy atom. The number of rotatable bonds is 3. The Morgan fingerprint density at radius 1 is 1.27 bits per heavy atom. The van der Waals surface area contributed by atoms with E-state index in [1.807, 2.05) is 25.1 Å². The molecule has 0 aromatic carbocycles. The first-order valence-electron chi connectivity index (χ1n) is 7.11. The molecule has 0 amide bonds. The topological polar surface area (TPSA) is 58.9 Å². The maximum atomic E-state index is 13.3. The molecule has 1 saturated carbocycles. The Balaban J connectivity index is 1.52. The third-order valence-electron chi connectivity index (χ3n) is 4.40. The molecule has 1 aliphatic carbocycles. The summed E-state index contributed by atoms with van der Waals surface area (Å²) in [4.78, 5) is 10.6. The molecule has 0 atom stereocenters. The van der Waals surface area contributed by atoms with E-state index in [1.165, 1.54) is 0 Å². The van der Waals surface area contributed by atoms with Gasteiger partial charge in [-0.25, -0.2) is 13.8 Å². The summed E-state index contributed by atoms with van der Waals surface area (Å²) >= 11 is 0. The van der Waals surface area contributed by atoms with Gasteiger partial charge in [0.25, 0.3) is 5.92 Å². The fraction of sp³-hybridized carbons (Fsp3) is 0.500. The van der Waals surface area contributed by atoms with E-state index in [-0.39, 0.29) is 6.42 Å². The van der Waals surface area contributed by atoms with Crippen LogP contribution in [0.25, 0.3) is 0 Å². The number of halogens is 2. The lowest BCUT2D eigenvalue weighted by molar-refractivity contribution is 0.0518. The summed E-state index contributed by atoms with van der Waals surface area (Å²) in [5.74, 6) is -1.34. The highest BCUT2D eigenvalue weighted by atomic mass is 19.3. The van der Waals surface area contributed by atoms with Crippen LogP contribution in [0, 0.1) is 12.3 Å². The van der Waals surface area contributed by atoms with Crippen LogP contribution in [-0.4, -0.2) is 38.8 Å². The van der Waals surface area contributed by atoms with Crippen molar-refractivity contribution in [2.75, 3.05) is 23.3 Å². The second-order valence-electron chi connectivity index (χ2n) is 6.25. The lowest BCUT2D eigenvalue weighted by Crippen LogP contribution is -2.52. The summed E-state index contributed by atoms with van der Waals surface area (Å²) < 4.78 is 28.3. The van der Waals surface area contributed by atoms with Crippen LogP contribution in [0.4, 0.5) is 26.2 Å². The summed E-state index contributed by atoms with van der Waals surface area (Å²) in [6, 6.07) is 0. The number of hydrogen-bond acceptors (Lipinski definition) is 5. The molecule has 1 aliphatic heterocycles. The van der Waals surface area contributed by atoms with Crippen LogP contribution in [0.2, 0.25) is 0 Å². The van der Waals surface area contributed by atoms with Gasteiger partial charge in [-0.3, -0.25) is 4.68 Å². The number of aromatic nitrogens is 4. The lowest BCUT2D eigenvalue weighted by atomic mass is 9.95. The maximum Gasteiger partial charge on any atom is 0.258 e. The van der Waals surface area contributed by atoms with Crippen molar-refractivity contribution in [3.63, 3.8) is 0 Å². The van der Waals surface area contributed by atoms with Crippen LogP contribution in [-0.2, 0) is 7.05 Å². The van der Waals surface area contributed by atoms with Crippen LogP contribution in [0.1, 0.15) is 12.0 Å². The fourth-order valence-corrected chi connectivity index (χ4v) is 2.99. The average molecular weight is 306 g/mol. The Kier molecular flexibility index (Phi) is 2.53. The quantitative estimate of drug-likeness (QED) is 0.941. The van der Waals surface area contributed by atoms with E-state index in [4.69, 9.17) is 0 Å². The molecule has 116 valence electrons. The molecule has 2 aromatic heterocycles. The zero-order chi connectivity index (χ0) is 15.5. The van der Waals surface area contributed by atoms with Crippen LogP contribution in [0.5, 0.6) is 0 Å². The van der Waals surface area contributed by atoms with Crippen molar-refractivity contribution in [2.45, 2.75) is 19.3 Å². The number of nitrogens with zero attached hydrogens (tertiary/aromatic N) is 5. The van der Waals surface area contributed by atoms with Gasteiger partial charge < -0.3 is 10.2 Å². The summed E-state index contributed by atoms with van der Waals surface area (Å²) in [6.07, 6.45) is 5.19. The highest BCUT2D eigenvalue weighted by Gasteiger charge is 2.76. The molecule has 3 heterocycles. The van der Waals surface area contributed by atoms with Gasteiger partial charge in [0.2, 0.25) is 5.95 Å². The van der Waals surface area contributed by atoms with E-state index in [2.05, 4.69) is 20.4 Å². The summed E-state index contributed by atoms with van der Waals surface area (Å²) in [5, 5.41) is 7.13. The van der Waals surface area contributed by atoms with E-state index in [1.54, 1.807) is 17.1 Å². The van der Waals surface area contributed by atoms with Crippen molar-refractivity contribution in [3.8, 4) is 0 Å². The van der Waals surface area contributed by atoms with Gasteiger partial charge in [-0.2, -0.15) is 10.1 Å². The van der Waals surface area contributed by atoms with Crippen molar-refractivity contribution in [3.05, 3.63) is 24.2 Å². The van der Waals surface area contributed by atoms with Crippen molar-refractivity contribution >= 4 is 17.5 Å². The minimum absolute atomic E-state index is 0.00141. The highest BCUT2D eigenvalue weighted by molar-refractivity contribution is 5.57. The molecule has 2 fully saturated rings. The van der Waals surface area contributed by atoms with E-state index in [0.717, 1.165) is 17.1 Å². The molecule has 8 heteroatoms. The first kappa shape index (κ1) is 13.4. The molecule has 0 radical (unpaired) electrons. The van der Waals surface area contributed by atoms with E-state index >= 15 is 0 Å². The number of anilines is 3. The smallest absolute Gasteiger partial charge is 0.258 e. The van der Waals surface area contributed by atoms with Gasteiger partial charge in [0, 0.05) is 44.5 Å². The van der Waals surface area contributed by atoms with Crippen molar-refractivity contribution < 1.29 is 8.78 Å². The molecule has 22 heavy (non-hydrogen) atoms. The first-order valence-corrected chi connectivity index (χ1v) is 7.11. The average Bonchev–Trinajstić information content (AvgIpc) is 2.76. The molecule has 0 unspecified atom stereocenters. The summed E-state index contributed by atoms with van der Waals surface area (Å²) in [6.45, 7) is 2.62. The summed E-state index contributed by atoms with van der Waals surface area (Å²) in [5.41, 5.74) is 0.864. The number of nitrogens with one attached hydrogen (secondary N) is 1. The van der Waals surface area contributed by atoms with Gasteiger partial charge in [0.1, 0.15) is 5.82 Å². The van der Waals surface area contributed by atoms with Gasteiger partial charge in [-0.1, -0.05) is 0 Å². The van der Waals surface area contributed by atoms with Crippen molar-refractivity contribution in [1.82, 2.24) is 19.7 Å². The standard InChI is InChI=1S/C14H16F2N6/c1-9-3-17-12(19-10-4-18-21(2)5-10)20-11(9)22-7-13(8-22)6-14(13,15)16/h3-5H,6-8H2,1-2H3,(H,17,19,20). The predicted octanol–water partition coefficient (Wildman–Crippen LogP) is 2.11. The largest absolute Gasteiger partial charge is 0.355 e. The highest BCUT2D eigenvalue weighted by Crippen LogP contribution is 2.65. The molecule has 6 nitrogen and oxygen atoms in total. The van der Waals surface area contributed by atoms with Crippen LogP contribution in [0.3, 0.4) is 0 Å². The molecule has 1 N–H and O–H groups in total. The third kappa shape index (κ3) is 1.93. The maximum absolute atomic E-state index is 13.3. The van der Waals surface area contributed by atoms with Gasteiger partial charge in [0.05, 0.1) is 17.3 Å². The van der Waals surface area contributed by atoms with E-state index in [9.17, 15) is 8.78 Å². The molecular formula is C14H16F2N6. The van der Waals surface area contributed by atoms with Gasteiger partial charge >= 0.3 is 0 Å². The molecule has 2 aliphatic rings. The number of alkyl halides is 2. The van der Waals surface area contributed by atoms with Gasteiger partial charge in [-0.15, -0.1) is 0 Å². The fourth-order valence-electron chi connectivity index (χ4n) is 2.99. The van der Waals surface area contributed by atoms with E-state index in [0.29, 0.717) is 19.0 Å². The number of hydrogen-bond donors (Lipinski definition) is 1. The van der Waals surface area contributed by atoms with Gasteiger partial charge in [0.15, 0.2) is 0 Å². The summed E-state index contributed by atoms with van der Waals surface area (Å²) in [7, 11) is 1.82. The van der Waals surface area contributed by atoms with Crippen molar-refractivity contribution in [2.24, 2.45) is 12.5 Å². The minimum Gasteiger partial charge on any atom is -0.355 e. The second kappa shape index (κ2) is 4.15. The first-order chi connectivity index (χ1) is 10.4. The Hall–Kier alpha value is -2.25. The zero-order valence-electron chi connectivity index (χ0n) is 12.3. The molecule has 4 rings (SSSR count). The minimum atomic E-state index is -2.50. The predicted molar refractivity (Wildman–Crippen MR) is 77.5 cm³/mol. The second-order valence-corrected chi connectivity index (χ2v) is 6.25. The molecule has 1 spiro atoms. The Labute approximate surface area is 126 Å². The van der Waals surface area contributed by atoms with Crippen molar-refractivity contribution in [1.29, 1.82) is 0 Å². The molecular weight excluding hydrogens is 290 g/mol. The van der Waals surface area contributed by atoms with Gasteiger partial charge in [-0.05, 0) is 6.92 Å². The molecule has 0 bridgehead atoms. The van der Waals surface area contributed by atoms with E-state index < -0.39 is 11.3 Å². The third-order valence-corrected chi connectivity index (χ3v) is 4.40. The van der Waals surface area contributed by atoms with Crippen LogP contribution >= 0.6 is 0 Å². The molecule has 2 aromatic rings. The molecule has 1 saturated heterocycles. The van der Waals surface area contributed by atoms with Crippen LogP contribution < -0.4 is 10.2 Å². The number of aryl methyl sites for hydroxylation is 2.